The van der Waals surface area contributed by atoms with Crippen LogP contribution in [-0.2, 0) is 28.7 Å². The van der Waals surface area contributed by atoms with Gasteiger partial charge in [-0.25, -0.2) is 0 Å². The van der Waals surface area contributed by atoms with Crippen molar-refractivity contribution in [1.82, 2.24) is 10.2 Å². The summed E-state index contributed by atoms with van der Waals surface area (Å²) < 4.78 is 13.2. The molecular formula is C35H37BrClN3O7. The fourth-order valence-electron chi connectivity index (χ4n) is 7.23. The first-order valence-electron chi connectivity index (χ1n) is 15.8. The molecule has 47 heavy (non-hydrogen) atoms. The molecule has 5 bridgehead atoms. The van der Waals surface area contributed by atoms with Gasteiger partial charge in [0, 0.05) is 17.4 Å². The molecule has 4 aliphatic heterocycles. The second-order valence-corrected chi connectivity index (χ2v) is 13.9. The van der Waals surface area contributed by atoms with E-state index >= 15 is 4.79 Å². The highest BCUT2D eigenvalue weighted by Crippen LogP contribution is 2.59. The Hall–Kier alpha value is -3.51. The molecule has 2 aromatic carbocycles. The van der Waals surface area contributed by atoms with Crippen molar-refractivity contribution in [1.29, 1.82) is 0 Å². The summed E-state index contributed by atoms with van der Waals surface area (Å²) in [6, 6.07) is 14.0. The fraction of sp³-hybridized carbons (Fsp3) is 0.429. The predicted molar refractivity (Wildman–Crippen MR) is 178 cm³/mol. The third-order valence-electron chi connectivity index (χ3n) is 9.50. The number of nitrogens with one attached hydrogen (secondary N) is 1. The minimum atomic E-state index is -1.53. The predicted octanol–water partition coefficient (Wildman–Crippen LogP) is 4.31. The number of aliphatic hydroxyl groups is 1. The molecule has 6 rings (SSSR count). The highest BCUT2D eigenvalue weighted by atomic mass is 79.9. The Balaban J connectivity index is 1.50. The normalized spacial score (nSPS) is 31.0. The summed E-state index contributed by atoms with van der Waals surface area (Å²) in [4.78, 5) is 59.6. The molecule has 2 fully saturated rings. The lowest BCUT2D eigenvalue weighted by molar-refractivity contribution is -0.160. The van der Waals surface area contributed by atoms with E-state index < -0.39 is 66.1 Å². The van der Waals surface area contributed by atoms with Crippen LogP contribution in [0.2, 0.25) is 5.02 Å². The van der Waals surface area contributed by atoms with Gasteiger partial charge in [0.25, 0.3) is 5.91 Å². The largest absolute Gasteiger partial charge is 0.455 e. The second kappa shape index (κ2) is 13.5. The van der Waals surface area contributed by atoms with Crippen LogP contribution < -0.4 is 10.2 Å². The van der Waals surface area contributed by atoms with Crippen molar-refractivity contribution in [3.8, 4) is 0 Å². The number of esters is 1. The fourth-order valence-corrected chi connectivity index (χ4v) is 8.20. The molecule has 2 aromatic rings. The average Bonchev–Trinajstić information content (AvgIpc) is 3.65. The van der Waals surface area contributed by atoms with Gasteiger partial charge in [0.1, 0.15) is 29.8 Å². The maximum atomic E-state index is 15.0. The zero-order valence-electron chi connectivity index (χ0n) is 26.1. The summed E-state index contributed by atoms with van der Waals surface area (Å²) in [6.45, 7) is 3.45. The van der Waals surface area contributed by atoms with E-state index in [1.807, 2.05) is 38.1 Å². The molecule has 4 aliphatic rings. The van der Waals surface area contributed by atoms with E-state index in [4.69, 9.17) is 21.1 Å². The van der Waals surface area contributed by atoms with Crippen LogP contribution in [0.3, 0.4) is 0 Å². The standard InChI is InChI=1S/C35H37BrClN3O7/c1-20(2)25(19-41)40-31-33(44)39(24-14-9-8-13-23(24)37)16-10-4-7-15-27(42)38-18-26(21-11-5-3-6-12-21)46-34(45)28-29(32(40)43)35(31)17-22(36)30(28)47-35/h3-6,8-14,17,20,25-26,28-31,41H,7,15-16,18-19H2,1-2H3,(H,38,42)/b10-4-/t25-,26+,28+,29-,30+,31+,35-/m0/s1. The molecule has 0 aromatic heterocycles. The summed E-state index contributed by atoms with van der Waals surface area (Å²) >= 11 is 10.2. The van der Waals surface area contributed by atoms with Crippen molar-refractivity contribution in [3.05, 3.63) is 87.9 Å². The lowest BCUT2D eigenvalue weighted by Gasteiger charge is -2.40. The maximum Gasteiger partial charge on any atom is 0.313 e. The van der Waals surface area contributed by atoms with Crippen LogP contribution in [0.15, 0.2) is 77.3 Å². The Bertz CT molecular complexity index is 1620. The number of carbonyl (C=O) groups is 4. The van der Waals surface area contributed by atoms with Gasteiger partial charge in [0.15, 0.2) is 0 Å². The Kier molecular flexibility index (Phi) is 9.62. The van der Waals surface area contributed by atoms with Crippen LogP contribution in [-0.4, -0.2) is 77.2 Å². The Morgan fingerprint density at radius 2 is 1.77 bits per heavy atom. The van der Waals surface area contributed by atoms with Gasteiger partial charge in [0.05, 0.1) is 35.8 Å². The zero-order valence-corrected chi connectivity index (χ0v) is 28.4. The van der Waals surface area contributed by atoms with Crippen LogP contribution in [0.25, 0.3) is 0 Å². The van der Waals surface area contributed by atoms with Gasteiger partial charge in [-0.15, -0.1) is 0 Å². The lowest BCUT2D eigenvalue weighted by atomic mass is 9.74. The molecule has 2 saturated heterocycles. The van der Waals surface area contributed by atoms with Gasteiger partial charge in [0.2, 0.25) is 11.8 Å². The third kappa shape index (κ3) is 5.92. The molecule has 4 heterocycles. The van der Waals surface area contributed by atoms with Crippen LogP contribution in [0, 0.1) is 17.8 Å². The molecule has 10 nitrogen and oxygen atoms in total. The van der Waals surface area contributed by atoms with Crippen LogP contribution in [0.1, 0.15) is 38.4 Å². The van der Waals surface area contributed by atoms with E-state index in [-0.39, 0.29) is 31.3 Å². The van der Waals surface area contributed by atoms with E-state index in [0.717, 1.165) is 0 Å². The highest BCUT2D eigenvalue weighted by Gasteiger charge is 2.75. The van der Waals surface area contributed by atoms with Gasteiger partial charge < -0.3 is 29.7 Å². The number of para-hydroxylation sites is 1. The summed E-state index contributed by atoms with van der Waals surface area (Å²) in [7, 11) is 0. The Morgan fingerprint density at radius 3 is 2.47 bits per heavy atom. The van der Waals surface area contributed by atoms with Gasteiger partial charge >= 0.3 is 5.97 Å². The molecule has 0 aliphatic carbocycles. The van der Waals surface area contributed by atoms with E-state index in [0.29, 0.717) is 27.2 Å². The van der Waals surface area contributed by atoms with E-state index in [1.165, 1.54) is 9.80 Å². The number of anilines is 1. The summed E-state index contributed by atoms with van der Waals surface area (Å²) in [5, 5.41) is 13.8. The first-order chi connectivity index (χ1) is 22.6. The number of rotatable bonds is 5. The number of hydrogen-bond acceptors (Lipinski definition) is 7. The summed E-state index contributed by atoms with van der Waals surface area (Å²) in [5.74, 6) is -4.30. The van der Waals surface area contributed by atoms with Crippen molar-refractivity contribution >= 4 is 56.9 Å². The molecule has 3 amide bonds. The number of cyclic esters (lactones) is 1. The van der Waals surface area contributed by atoms with Gasteiger partial charge in [-0.2, -0.15) is 0 Å². The number of likely N-dealkylation sites (tertiary alicyclic amines) is 1. The summed E-state index contributed by atoms with van der Waals surface area (Å²) in [5.41, 5.74) is -0.429. The van der Waals surface area contributed by atoms with Crippen LogP contribution in [0.5, 0.6) is 0 Å². The first kappa shape index (κ1) is 33.4. The molecule has 0 saturated carbocycles. The monoisotopic (exact) mass is 725 g/mol. The maximum absolute atomic E-state index is 15.0. The number of amides is 3. The number of fused-ring (bicyclic) bond motifs is 2. The minimum absolute atomic E-state index is 0.0325. The smallest absolute Gasteiger partial charge is 0.313 e. The van der Waals surface area contributed by atoms with Crippen LogP contribution >= 0.6 is 27.5 Å². The molecule has 2 N–H and O–H groups in total. The Morgan fingerprint density at radius 1 is 1.04 bits per heavy atom. The molecule has 0 radical (unpaired) electrons. The first-order valence-corrected chi connectivity index (χ1v) is 17.0. The van der Waals surface area contributed by atoms with E-state index in [2.05, 4.69) is 21.2 Å². The number of hydrogen-bond donors (Lipinski definition) is 2. The number of halogens is 2. The number of aliphatic hydroxyl groups excluding tert-OH is 1. The molecule has 12 heteroatoms. The lowest BCUT2D eigenvalue weighted by Crippen LogP contribution is -2.59. The number of carbonyl (C=O) groups excluding carboxylic acids is 4. The number of ether oxygens (including phenoxy) is 2. The molecule has 7 atom stereocenters. The quantitative estimate of drug-likeness (QED) is 0.348. The zero-order chi connectivity index (χ0) is 33.5. The minimum Gasteiger partial charge on any atom is -0.455 e. The van der Waals surface area contributed by atoms with Crippen LogP contribution in [0.4, 0.5) is 5.69 Å². The van der Waals surface area contributed by atoms with Gasteiger partial charge in [-0.05, 0) is 36.1 Å². The van der Waals surface area contributed by atoms with E-state index in [9.17, 15) is 19.5 Å². The molecule has 1 spiro atoms. The number of nitrogens with zero attached hydrogens (tertiary/aromatic N) is 2. The SMILES string of the molecule is CC(C)[C@H](CO)N1C(=O)[C@@H]2[C@H]3C(=O)O[C@@H](c4ccccc4)CNC(=O)CC/C=C\CN(c4ccccc4Cl)C(=O)[C@@H]1[C@]21C=C(Br)[C@H]3O1. The van der Waals surface area contributed by atoms with Crippen molar-refractivity contribution in [2.45, 2.75) is 56.6 Å². The summed E-state index contributed by atoms with van der Waals surface area (Å²) in [6.07, 6.45) is 4.20. The van der Waals surface area contributed by atoms with Crippen molar-refractivity contribution in [3.63, 3.8) is 0 Å². The Labute approximate surface area is 286 Å². The molecule has 0 unspecified atom stereocenters. The topological polar surface area (TPSA) is 125 Å². The number of benzene rings is 2. The molecular weight excluding hydrogens is 690 g/mol. The van der Waals surface area contributed by atoms with E-state index in [1.54, 1.807) is 48.6 Å². The highest BCUT2D eigenvalue weighted by molar-refractivity contribution is 9.11. The van der Waals surface area contributed by atoms with Gasteiger partial charge in [-0.1, -0.05) is 96.0 Å². The second-order valence-electron chi connectivity index (χ2n) is 12.6. The average molecular weight is 727 g/mol. The number of allylic oxidation sites excluding steroid dienone is 1. The molecule has 248 valence electrons. The van der Waals surface area contributed by atoms with Gasteiger partial charge in [-0.3, -0.25) is 19.2 Å². The van der Waals surface area contributed by atoms with Crippen molar-refractivity contribution < 1.29 is 33.8 Å². The van der Waals surface area contributed by atoms with Crippen molar-refractivity contribution in [2.75, 3.05) is 24.6 Å². The van der Waals surface area contributed by atoms with Crippen molar-refractivity contribution in [2.24, 2.45) is 17.8 Å². The third-order valence-corrected chi connectivity index (χ3v) is 10.5.